The number of nitrogen functional groups attached to an aromatic ring is 1. The molecule has 2 N–H and O–H groups in total. The Morgan fingerprint density at radius 3 is 2.95 bits per heavy atom. The topological polar surface area (TPSA) is 52.3 Å². The molecule has 1 aliphatic rings. The van der Waals surface area contributed by atoms with Crippen molar-refractivity contribution in [3.8, 4) is 5.75 Å². The average Bonchev–Trinajstić information content (AvgIpc) is 2.82. The van der Waals surface area contributed by atoms with Crippen LogP contribution in [0.2, 0.25) is 5.02 Å². The van der Waals surface area contributed by atoms with Crippen molar-refractivity contribution in [1.82, 2.24) is 0 Å². The summed E-state index contributed by atoms with van der Waals surface area (Å²) in [6.45, 7) is 2.05. The van der Waals surface area contributed by atoms with Crippen LogP contribution in [0.25, 0.3) is 0 Å². The molecule has 2 atom stereocenters. The SMILES string of the molecule is Cc1ccc2c(c1)CC(CS(=O)c1cc(Cl)ccc1N)O2. The number of nitrogens with two attached hydrogens (primary N) is 1. The smallest absolute Gasteiger partial charge is 0.123 e. The molecule has 0 bridgehead atoms. The molecule has 0 saturated heterocycles. The zero-order valence-electron chi connectivity index (χ0n) is 11.6. The van der Waals surface area contributed by atoms with Gasteiger partial charge in [-0.3, -0.25) is 4.21 Å². The quantitative estimate of drug-likeness (QED) is 0.882. The van der Waals surface area contributed by atoms with E-state index in [0.29, 0.717) is 21.4 Å². The Balaban J connectivity index is 1.74. The van der Waals surface area contributed by atoms with Crippen molar-refractivity contribution in [1.29, 1.82) is 0 Å². The highest BCUT2D eigenvalue weighted by Crippen LogP contribution is 2.31. The van der Waals surface area contributed by atoms with Crippen LogP contribution in [-0.2, 0) is 17.2 Å². The lowest BCUT2D eigenvalue weighted by Crippen LogP contribution is -2.22. The first kappa shape index (κ1) is 14.4. The fourth-order valence-corrected chi connectivity index (χ4v) is 4.04. The van der Waals surface area contributed by atoms with E-state index in [-0.39, 0.29) is 6.10 Å². The molecule has 0 aromatic heterocycles. The molecule has 0 fully saturated rings. The summed E-state index contributed by atoms with van der Waals surface area (Å²) in [5.41, 5.74) is 8.76. The average molecular weight is 322 g/mol. The van der Waals surface area contributed by atoms with Crippen molar-refractivity contribution in [2.24, 2.45) is 0 Å². The Morgan fingerprint density at radius 2 is 2.14 bits per heavy atom. The van der Waals surface area contributed by atoms with Crippen LogP contribution >= 0.6 is 11.6 Å². The summed E-state index contributed by atoms with van der Waals surface area (Å²) in [5.74, 6) is 1.31. The predicted octanol–water partition coefficient (Wildman–Crippen LogP) is 3.34. The van der Waals surface area contributed by atoms with E-state index in [1.54, 1.807) is 18.2 Å². The van der Waals surface area contributed by atoms with Crippen LogP contribution in [0.15, 0.2) is 41.3 Å². The predicted molar refractivity (Wildman–Crippen MR) is 86.4 cm³/mol. The number of rotatable bonds is 3. The van der Waals surface area contributed by atoms with Crippen LogP contribution in [0.5, 0.6) is 5.75 Å². The first-order chi connectivity index (χ1) is 10.0. The summed E-state index contributed by atoms with van der Waals surface area (Å²) in [6, 6.07) is 11.2. The highest BCUT2D eigenvalue weighted by Gasteiger charge is 2.25. The molecule has 0 aliphatic carbocycles. The normalized spacial score (nSPS) is 18.1. The first-order valence-corrected chi connectivity index (χ1v) is 8.42. The fourth-order valence-electron chi connectivity index (χ4n) is 2.51. The summed E-state index contributed by atoms with van der Waals surface area (Å²) in [5, 5.41) is 0.541. The third-order valence-corrected chi connectivity index (χ3v) is 5.27. The van der Waals surface area contributed by atoms with Gasteiger partial charge < -0.3 is 10.5 Å². The number of halogens is 1. The summed E-state index contributed by atoms with van der Waals surface area (Å²) in [7, 11) is -1.22. The Morgan fingerprint density at radius 1 is 1.33 bits per heavy atom. The molecule has 21 heavy (non-hydrogen) atoms. The van der Waals surface area contributed by atoms with Gasteiger partial charge in [-0.05, 0) is 36.8 Å². The maximum Gasteiger partial charge on any atom is 0.123 e. The van der Waals surface area contributed by atoms with Gasteiger partial charge in [-0.2, -0.15) is 0 Å². The monoisotopic (exact) mass is 321 g/mol. The minimum absolute atomic E-state index is 0.0824. The van der Waals surface area contributed by atoms with E-state index >= 15 is 0 Å². The second-order valence-corrected chi connectivity index (χ2v) is 7.15. The lowest BCUT2D eigenvalue weighted by Gasteiger charge is -2.11. The number of aryl methyl sites for hydroxylation is 1. The Labute approximate surface area is 131 Å². The zero-order valence-corrected chi connectivity index (χ0v) is 13.2. The molecule has 0 radical (unpaired) electrons. The molecule has 0 saturated carbocycles. The molecular formula is C16H16ClNO2S. The standard InChI is InChI=1S/C16H16ClNO2S/c1-10-2-5-15-11(6-10)7-13(20-15)9-21(19)16-8-12(17)3-4-14(16)18/h2-6,8,13H,7,9,18H2,1H3. The molecule has 1 heterocycles. The van der Waals surface area contributed by atoms with Crippen LogP contribution in [0.3, 0.4) is 0 Å². The van der Waals surface area contributed by atoms with Gasteiger partial charge in [0.25, 0.3) is 0 Å². The van der Waals surface area contributed by atoms with Crippen molar-refractivity contribution < 1.29 is 8.95 Å². The number of hydrogen-bond acceptors (Lipinski definition) is 3. The largest absolute Gasteiger partial charge is 0.489 e. The molecular weight excluding hydrogens is 306 g/mol. The van der Waals surface area contributed by atoms with Gasteiger partial charge in [-0.15, -0.1) is 0 Å². The number of benzene rings is 2. The number of anilines is 1. The summed E-state index contributed by atoms with van der Waals surface area (Å²) < 4.78 is 18.3. The number of hydrogen-bond donors (Lipinski definition) is 1. The van der Waals surface area contributed by atoms with Crippen LogP contribution in [-0.4, -0.2) is 16.1 Å². The Bertz CT molecular complexity index is 717. The van der Waals surface area contributed by atoms with Crippen molar-refractivity contribution in [2.45, 2.75) is 24.3 Å². The highest BCUT2D eigenvalue weighted by atomic mass is 35.5. The van der Waals surface area contributed by atoms with Crippen LogP contribution < -0.4 is 10.5 Å². The summed E-state index contributed by atoms with van der Waals surface area (Å²) in [4.78, 5) is 0.582. The lowest BCUT2D eigenvalue weighted by molar-refractivity contribution is 0.258. The lowest BCUT2D eigenvalue weighted by atomic mass is 10.1. The van der Waals surface area contributed by atoms with E-state index in [4.69, 9.17) is 22.1 Å². The summed E-state index contributed by atoms with van der Waals surface area (Å²) >= 11 is 5.95. The molecule has 110 valence electrons. The second kappa shape index (κ2) is 5.70. The second-order valence-electron chi connectivity index (χ2n) is 5.25. The van der Waals surface area contributed by atoms with Crippen molar-refractivity contribution in [3.05, 3.63) is 52.5 Å². The molecule has 2 unspecified atom stereocenters. The van der Waals surface area contributed by atoms with E-state index in [1.165, 1.54) is 11.1 Å². The van der Waals surface area contributed by atoms with Gasteiger partial charge >= 0.3 is 0 Å². The third-order valence-electron chi connectivity index (χ3n) is 3.52. The molecule has 2 aromatic carbocycles. The van der Waals surface area contributed by atoms with Crippen LogP contribution in [0.1, 0.15) is 11.1 Å². The minimum atomic E-state index is -1.22. The minimum Gasteiger partial charge on any atom is -0.489 e. The van der Waals surface area contributed by atoms with Gasteiger partial charge in [-0.1, -0.05) is 29.3 Å². The van der Waals surface area contributed by atoms with Gasteiger partial charge in [-0.25, -0.2) is 0 Å². The van der Waals surface area contributed by atoms with Crippen molar-refractivity contribution in [3.63, 3.8) is 0 Å². The van der Waals surface area contributed by atoms with Gasteiger partial charge in [0.1, 0.15) is 11.9 Å². The zero-order chi connectivity index (χ0) is 15.0. The van der Waals surface area contributed by atoms with Gasteiger partial charge in [0.15, 0.2) is 0 Å². The molecule has 0 spiro atoms. The third kappa shape index (κ3) is 3.06. The Hall–Kier alpha value is -1.52. The van der Waals surface area contributed by atoms with Crippen molar-refractivity contribution >= 4 is 28.1 Å². The first-order valence-electron chi connectivity index (χ1n) is 6.72. The van der Waals surface area contributed by atoms with E-state index in [2.05, 4.69) is 13.0 Å². The number of ether oxygens (including phenoxy) is 1. The highest BCUT2D eigenvalue weighted by molar-refractivity contribution is 7.85. The maximum atomic E-state index is 12.5. The molecule has 2 aromatic rings. The molecule has 1 aliphatic heterocycles. The molecule has 3 nitrogen and oxygen atoms in total. The molecule has 3 rings (SSSR count). The number of fused-ring (bicyclic) bond motifs is 1. The van der Waals surface area contributed by atoms with E-state index < -0.39 is 10.8 Å². The van der Waals surface area contributed by atoms with Crippen LogP contribution in [0.4, 0.5) is 5.69 Å². The Kier molecular flexibility index (Phi) is 3.91. The summed E-state index contributed by atoms with van der Waals surface area (Å²) in [6.07, 6.45) is 0.699. The van der Waals surface area contributed by atoms with Gasteiger partial charge in [0.2, 0.25) is 0 Å². The van der Waals surface area contributed by atoms with Gasteiger partial charge in [0, 0.05) is 17.1 Å². The van der Waals surface area contributed by atoms with Crippen LogP contribution in [0, 0.1) is 6.92 Å². The van der Waals surface area contributed by atoms with E-state index in [9.17, 15) is 4.21 Å². The van der Waals surface area contributed by atoms with E-state index in [0.717, 1.165) is 12.2 Å². The van der Waals surface area contributed by atoms with Gasteiger partial charge in [0.05, 0.1) is 21.4 Å². The maximum absolute atomic E-state index is 12.5. The molecule has 0 amide bonds. The van der Waals surface area contributed by atoms with Crippen molar-refractivity contribution in [2.75, 3.05) is 11.5 Å². The fraction of sp³-hybridized carbons (Fsp3) is 0.250. The molecule has 5 heteroatoms. The van der Waals surface area contributed by atoms with E-state index in [1.807, 2.05) is 12.1 Å².